The van der Waals surface area contributed by atoms with E-state index in [0.717, 1.165) is 0 Å². The summed E-state index contributed by atoms with van der Waals surface area (Å²) in [5.74, 6) is -1.83. The summed E-state index contributed by atoms with van der Waals surface area (Å²) in [6.45, 7) is 0. The largest absolute Gasteiger partial charge is 0.479 e. The van der Waals surface area contributed by atoms with E-state index >= 15 is 0 Å². The van der Waals surface area contributed by atoms with Crippen molar-refractivity contribution in [3.8, 4) is 0 Å². The molecule has 1 aliphatic heterocycles. The number of anilines is 1. The van der Waals surface area contributed by atoms with Gasteiger partial charge in [0.2, 0.25) is 5.78 Å². The number of carboxylic acids is 1. The normalized spacial score (nSPS) is 22.9. The lowest BCUT2D eigenvalue weighted by Gasteiger charge is -2.22. The van der Waals surface area contributed by atoms with Gasteiger partial charge in [0.1, 0.15) is 6.04 Å². The molecule has 1 aromatic rings. The highest BCUT2D eigenvalue weighted by molar-refractivity contribution is 6.06. The van der Waals surface area contributed by atoms with Gasteiger partial charge in [0.05, 0.1) is 11.9 Å². The van der Waals surface area contributed by atoms with Crippen LogP contribution in [0, 0.1) is 0 Å². The minimum absolute atomic E-state index is 0.538. The van der Waals surface area contributed by atoms with Crippen LogP contribution >= 0.6 is 0 Å². The number of pyridine rings is 1. The predicted octanol–water partition coefficient (Wildman–Crippen LogP) is 0.428. The van der Waals surface area contributed by atoms with Crippen molar-refractivity contribution in [2.24, 2.45) is 0 Å². The minimum atomic E-state index is -1.45. The molecule has 0 bridgehead atoms. The second kappa shape index (κ2) is 4.65. The number of carbonyl (C=O) groups is 2. The van der Waals surface area contributed by atoms with Gasteiger partial charge in [-0.05, 0) is 18.2 Å². The smallest absolute Gasteiger partial charge is 0.352 e. The number of hydrogen-bond donors (Lipinski definition) is 2. The number of carboxylic acid groups (broad SMARTS) is 1. The van der Waals surface area contributed by atoms with Gasteiger partial charge >= 0.3 is 5.97 Å². The van der Waals surface area contributed by atoms with Gasteiger partial charge in [-0.25, -0.2) is 4.79 Å². The Kier molecular flexibility index (Phi) is 3.04. The van der Waals surface area contributed by atoms with E-state index in [1.54, 1.807) is 24.5 Å². The number of nitrogens with zero attached hydrogens (tertiary/aromatic N) is 1. The van der Waals surface area contributed by atoms with Gasteiger partial charge < -0.3 is 15.2 Å². The Hall–Kier alpha value is -2.37. The molecule has 2 atom stereocenters. The van der Waals surface area contributed by atoms with Crippen molar-refractivity contribution in [2.45, 2.75) is 12.1 Å². The predicted molar refractivity (Wildman–Crippen MR) is 58.3 cm³/mol. The number of Topliss-reactive ketones (excluding diaryl/α,β-unsaturated/α-hetero) is 1. The topological polar surface area (TPSA) is 88.5 Å². The molecule has 2 unspecified atom stereocenters. The number of aliphatic carboxylic acids is 1. The molecule has 1 aromatic heterocycles. The Bertz CT molecular complexity index is 458. The molecule has 0 saturated carbocycles. The van der Waals surface area contributed by atoms with Crippen molar-refractivity contribution in [2.75, 3.05) is 5.32 Å². The van der Waals surface area contributed by atoms with Crippen molar-refractivity contribution in [1.82, 2.24) is 4.98 Å². The number of hydrogen-bond acceptors (Lipinski definition) is 5. The van der Waals surface area contributed by atoms with Crippen molar-refractivity contribution in [3.63, 3.8) is 0 Å². The molecule has 0 amide bonds. The van der Waals surface area contributed by atoms with Crippen molar-refractivity contribution >= 4 is 17.4 Å². The molecule has 1 aliphatic rings. The molecule has 6 nitrogen and oxygen atoms in total. The zero-order chi connectivity index (χ0) is 12.3. The van der Waals surface area contributed by atoms with E-state index in [-0.39, 0.29) is 0 Å². The number of carbonyl (C=O) groups excluding carboxylic acids is 1. The zero-order valence-electron chi connectivity index (χ0n) is 8.74. The summed E-state index contributed by atoms with van der Waals surface area (Å²) in [4.78, 5) is 26.4. The molecule has 88 valence electrons. The fourth-order valence-electron chi connectivity index (χ4n) is 1.45. The molecule has 0 fully saturated rings. The van der Waals surface area contributed by atoms with Crippen molar-refractivity contribution < 1.29 is 19.4 Å². The van der Waals surface area contributed by atoms with Crippen LogP contribution in [0.4, 0.5) is 5.69 Å². The quantitative estimate of drug-likeness (QED) is 0.737. The standard InChI is InChI=1S/C11H10N2O4/c14-9-8(3-5-17-10(9)11(15)16)13-7-2-1-4-12-6-7/h1-6,8,10,13H,(H,15,16). The van der Waals surface area contributed by atoms with Crippen LogP contribution in [0.5, 0.6) is 0 Å². The molecule has 2 heterocycles. The fourth-order valence-corrected chi connectivity index (χ4v) is 1.45. The van der Waals surface area contributed by atoms with Gasteiger partial charge in [0, 0.05) is 12.4 Å². The van der Waals surface area contributed by atoms with Gasteiger partial charge in [-0.2, -0.15) is 0 Å². The Morgan fingerprint density at radius 3 is 3.00 bits per heavy atom. The number of ketones is 1. The highest BCUT2D eigenvalue weighted by atomic mass is 16.5. The Morgan fingerprint density at radius 1 is 1.53 bits per heavy atom. The second-order valence-electron chi connectivity index (χ2n) is 3.45. The maximum absolute atomic E-state index is 11.7. The Morgan fingerprint density at radius 2 is 2.35 bits per heavy atom. The third-order valence-corrected chi connectivity index (χ3v) is 2.26. The first-order valence-electron chi connectivity index (χ1n) is 4.94. The van der Waals surface area contributed by atoms with E-state index < -0.39 is 23.9 Å². The van der Waals surface area contributed by atoms with Crippen LogP contribution in [0.15, 0.2) is 36.9 Å². The van der Waals surface area contributed by atoms with Crippen molar-refractivity contribution in [1.29, 1.82) is 0 Å². The zero-order valence-corrected chi connectivity index (χ0v) is 8.74. The first-order chi connectivity index (χ1) is 8.18. The van der Waals surface area contributed by atoms with Gasteiger partial charge in [-0.3, -0.25) is 9.78 Å². The summed E-state index contributed by atoms with van der Waals surface area (Å²) in [7, 11) is 0. The number of ether oxygens (including phenoxy) is 1. The molecule has 0 aliphatic carbocycles. The summed E-state index contributed by atoms with van der Waals surface area (Å²) >= 11 is 0. The molecular formula is C11H10N2O4. The monoisotopic (exact) mass is 234 g/mol. The third-order valence-electron chi connectivity index (χ3n) is 2.26. The van der Waals surface area contributed by atoms with Crippen LogP contribution < -0.4 is 5.32 Å². The second-order valence-corrected chi connectivity index (χ2v) is 3.45. The van der Waals surface area contributed by atoms with E-state index in [1.807, 2.05) is 0 Å². The van der Waals surface area contributed by atoms with E-state index in [4.69, 9.17) is 9.84 Å². The van der Waals surface area contributed by atoms with E-state index in [9.17, 15) is 9.59 Å². The average molecular weight is 234 g/mol. The number of aromatic nitrogens is 1. The summed E-state index contributed by atoms with van der Waals surface area (Å²) in [6, 6.07) is 2.73. The first-order valence-corrected chi connectivity index (χ1v) is 4.94. The highest BCUT2D eigenvalue weighted by Gasteiger charge is 2.35. The molecule has 17 heavy (non-hydrogen) atoms. The Labute approximate surface area is 96.9 Å². The summed E-state index contributed by atoms with van der Waals surface area (Å²) in [6.07, 6.45) is 4.39. The van der Waals surface area contributed by atoms with E-state index in [0.29, 0.717) is 5.69 Å². The van der Waals surface area contributed by atoms with Gasteiger partial charge in [0.25, 0.3) is 6.10 Å². The van der Waals surface area contributed by atoms with Crippen molar-refractivity contribution in [3.05, 3.63) is 36.9 Å². The lowest BCUT2D eigenvalue weighted by atomic mass is 10.1. The van der Waals surface area contributed by atoms with Gasteiger partial charge in [0.15, 0.2) is 0 Å². The van der Waals surface area contributed by atoms with Crippen LogP contribution in [0.2, 0.25) is 0 Å². The molecule has 2 rings (SSSR count). The summed E-state index contributed by atoms with van der Waals surface area (Å²) in [5.41, 5.74) is 0.640. The third kappa shape index (κ3) is 2.41. The summed E-state index contributed by atoms with van der Waals surface area (Å²) in [5, 5.41) is 11.6. The maximum Gasteiger partial charge on any atom is 0.352 e. The molecule has 2 N–H and O–H groups in total. The molecule has 6 heteroatoms. The lowest BCUT2D eigenvalue weighted by Crippen LogP contribution is -2.44. The fraction of sp³-hybridized carbons (Fsp3) is 0.182. The number of nitrogens with one attached hydrogen (secondary N) is 1. The number of rotatable bonds is 3. The average Bonchev–Trinajstić information content (AvgIpc) is 2.33. The van der Waals surface area contributed by atoms with E-state index in [1.165, 1.54) is 12.3 Å². The lowest BCUT2D eigenvalue weighted by molar-refractivity contribution is -0.153. The maximum atomic E-state index is 11.7. The molecule has 0 spiro atoms. The van der Waals surface area contributed by atoms with Gasteiger partial charge in [-0.15, -0.1) is 0 Å². The van der Waals surface area contributed by atoms with Gasteiger partial charge in [-0.1, -0.05) is 0 Å². The van der Waals surface area contributed by atoms with Crippen LogP contribution in [0.25, 0.3) is 0 Å². The molecule has 0 radical (unpaired) electrons. The molecule has 0 saturated heterocycles. The van der Waals surface area contributed by atoms with E-state index in [2.05, 4.69) is 10.3 Å². The molecular weight excluding hydrogens is 224 g/mol. The Balaban J connectivity index is 2.12. The summed E-state index contributed by atoms with van der Waals surface area (Å²) < 4.78 is 4.73. The highest BCUT2D eigenvalue weighted by Crippen LogP contribution is 2.13. The van der Waals surface area contributed by atoms with Crippen LogP contribution in [-0.2, 0) is 14.3 Å². The molecule has 0 aromatic carbocycles. The van der Waals surface area contributed by atoms with Crippen LogP contribution in [0.3, 0.4) is 0 Å². The van der Waals surface area contributed by atoms with Crippen LogP contribution in [-0.4, -0.2) is 34.0 Å². The minimum Gasteiger partial charge on any atom is -0.479 e. The first kappa shape index (κ1) is 11.1. The van der Waals surface area contributed by atoms with Crippen LogP contribution in [0.1, 0.15) is 0 Å². The SMILES string of the molecule is O=C(O)C1OC=CC(Nc2cccnc2)C1=O.